The minimum absolute atomic E-state index is 0.0601. The van der Waals surface area contributed by atoms with Gasteiger partial charge in [-0.25, -0.2) is 4.39 Å². The summed E-state index contributed by atoms with van der Waals surface area (Å²) in [5.74, 6) is -2.85. The molecule has 16 heavy (non-hydrogen) atoms. The van der Waals surface area contributed by atoms with Crippen molar-refractivity contribution in [3.8, 4) is 0 Å². The van der Waals surface area contributed by atoms with Gasteiger partial charge in [-0.15, -0.1) is 0 Å². The summed E-state index contributed by atoms with van der Waals surface area (Å²) in [6.45, 7) is 1.27. The number of hydrogen-bond acceptors (Lipinski definition) is 2. The number of amides is 1. The van der Waals surface area contributed by atoms with Crippen molar-refractivity contribution >= 4 is 23.5 Å². The highest BCUT2D eigenvalue weighted by Crippen LogP contribution is 2.18. The van der Waals surface area contributed by atoms with E-state index in [1.807, 2.05) is 0 Å². The molecule has 0 fully saturated rings. The van der Waals surface area contributed by atoms with Gasteiger partial charge in [0.1, 0.15) is 11.9 Å². The van der Waals surface area contributed by atoms with Gasteiger partial charge in [-0.1, -0.05) is 17.7 Å². The lowest BCUT2D eigenvalue weighted by Crippen LogP contribution is -2.38. The predicted molar refractivity (Wildman–Crippen MR) is 56.0 cm³/mol. The summed E-state index contributed by atoms with van der Waals surface area (Å²) in [4.78, 5) is 22.0. The third-order valence-electron chi connectivity index (χ3n) is 1.91. The number of halogens is 2. The van der Waals surface area contributed by atoms with E-state index in [1.165, 1.54) is 19.1 Å². The number of carbonyl (C=O) groups excluding carboxylic acids is 1. The van der Waals surface area contributed by atoms with Crippen LogP contribution in [0.4, 0.5) is 4.39 Å². The SMILES string of the molecule is C[C@@H](NC(=O)c1c(F)cccc1Cl)C(=O)O. The van der Waals surface area contributed by atoms with E-state index in [0.29, 0.717) is 0 Å². The van der Waals surface area contributed by atoms with Gasteiger partial charge in [-0.2, -0.15) is 0 Å². The van der Waals surface area contributed by atoms with Crippen molar-refractivity contribution in [2.24, 2.45) is 0 Å². The number of carboxylic acids is 1. The molecule has 1 atom stereocenters. The second kappa shape index (κ2) is 4.94. The van der Waals surface area contributed by atoms with E-state index >= 15 is 0 Å². The Labute approximate surface area is 96.0 Å². The maximum absolute atomic E-state index is 13.3. The zero-order valence-electron chi connectivity index (χ0n) is 8.33. The molecule has 0 unspecified atom stereocenters. The second-order valence-corrected chi connectivity index (χ2v) is 3.54. The number of aliphatic carboxylic acids is 1. The van der Waals surface area contributed by atoms with Crippen LogP contribution in [-0.2, 0) is 4.79 Å². The largest absolute Gasteiger partial charge is 0.480 e. The highest BCUT2D eigenvalue weighted by Gasteiger charge is 2.20. The fourth-order valence-electron chi connectivity index (χ4n) is 1.05. The van der Waals surface area contributed by atoms with Crippen LogP contribution >= 0.6 is 11.6 Å². The van der Waals surface area contributed by atoms with Crippen molar-refractivity contribution in [1.82, 2.24) is 5.32 Å². The Morgan fingerprint density at radius 3 is 2.62 bits per heavy atom. The summed E-state index contributed by atoms with van der Waals surface area (Å²) in [5.41, 5.74) is -0.350. The van der Waals surface area contributed by atoms with Gasteiger partial charge in [0.15, 0.2) is 0 Å². The highest BCUT2D eigenvalue weighted by atomic mass is 35.5. The minimum atomic E-state index is -1.21. The molecule has 0 heterocycles. The second-order valence-electron chi connectivity index (χ2n) is 3.13. The molecule has 86 valence electrons. The summed E-state index contributed by atoms with van der Waals surface area (Å²) in [6, 6.07) is 2.68. The Hall–Kier alpha value is -1.62. The Kier molecular flexibility index (Phi) is 3.84. The van der Waals surface area contributed by atoms with Gasteiger partial charge < -0.3 is 10.4 Å². The van der Waals surface area contributed by atoms with Crippen molar-refractivity contribution in [2.45, 2.75) is 13.0 Å². The van der Waals surface area contributed by atoms with E-state index in [1.54, 1.807) is 0 Å². The van der Waals surface area contributed by atoms with Crippen LogP contribution in [0.15, 0.2) is 18.2 Å². The lowest BCUT2D eigenvalue weighted by molar-refractivity contribution is -0.138. The van der Waals surface area contributed by atoms with Gasteiger partial charge in [0.05, 0.1) is 10.6 Å². The molecule has 1 aromatic rings. The average molecular weight is 246 g/mol. The number of nitrogens with one attached hydrogen (secondary N) is 1. The van der Waals surface area contributed by atoms with Gasteiger partial charge in [0.2, 0.25) is 0 Å². The molecular formula is C10H9ClFNO3. The van der Waals surface area contributed by atoms with E-state index in [2.05, 4.69) is 5.32 Å². The van der Waals surface area contributed by atoms with Gasteiger partial charge in [-0.3, -0.25) is 9.59 Å². The first kappa shape index (κ1) is 12.4. The molecule has 4 nitrogen and oxygen atoms in total. The van der Waals surface area contributed by atoms with Crippen molar-refractivity contribution in [1.29, 1.82) is 0 Å². The highest BCUT2D eigenvalue weighted by molar-refractivity contribution is 6.33. The lowest BCUT2D eigenvalue weighted by Gasteiger charge is -2.10. The zero-order chi connectivity index (χ0) is 12.3. The third-order valence-corrected chi connectivity index (χ3v) is 2.22. The summed E-state index contributed by atoms with van der Waals surface area (Å²) in [6.07, 6.45) is 0. The van der Waals surface area contributed by atoms with Gasteiger partial charge in [0.25, 0.3) is 5.91 Å². The molecule has 0 aromatic heterocycles. The molecule has 0 saturated carbocycles. The minimum Gasteiger partial charge on any atom is -0.480 e. The number of benzene rings is 1. The van der Waals surface area contributed by atoms with Crippen LogP contribution in [0.25, 0.3) is 0 Å². The van der Waals surface area contributed by atoms with Crippen LogP contribution in [0.3, 0.4) is 0 Å². The molecule has 2 N–H and O–H groups in total. The number of carbonyl (C=O) groups is 2. The Balaban J connectivity index is 2.93. The summed E-state index contributed by atoms with van der Waals surface area (Å²) < 4.78 is 13.3. The van der Waals surface area contributed by atoms with Crippen molar-refractivity contribution in [3.05, 3.63) is 34.6 Å². The summed E-state index contributed by atoms with van der Waals surface area (Å²) in [7, 11) is 0. The smallest absolute Gasteiger partial charge is 0.325 e. The van der Waals surface area contributed by atoms with E-state index in [4.69, 9.17) is 16.7 Å². The Morgan fingerprint density at radius 1 is 1.50 bits per heavy atom. The van der Waals surface area contributed by atoms with Crippen LogP contribution in [0.1, 0.15) is 17.3 Å². The standard InChI is InChI=1S/C10H9ClFNO3/c1-5(10(15)16)13-9(14)8-6(11)3-2-4-7(8)12/h2-5H,1H3,(H,13,14)(H,15,16)/t5-/m1/s1. The van der Waals surface area contributed by atoms with Crippen LogP contribution in [0.2, 0.25) is 5.02 Å². The van der Waals surface area contributed by atoms with E-state index in [9.17, 15) is 14.0 Å². The van der Waals surface area contributed by atoms with E-state index in [-0.39, 0.29) is 10.6 Å². The number of hydrogen-bond donors (Lipinski definition) is 2. The molecule has 0 saturated heterocycles. The van der Waals surface area contributed by atoms with Crippen LogP contribution in [0, 0.1) is 5.82 Å². The molecule has 0 bridgehead atoms. The molecule has 0 aliphatic heterocycles. The Bertz CT molecular complexity index is 416. The number of carboxylic acid groups (broad SMARTS) is 1. The molecule has 0 spiro atoms. The fraction of sp³-hybridized carbons (Fsp3) is 0.200. The molecule has 0 aliphatic rings. The van der Waals surface area contributed by atoms with Gasteiger partial charge in [0, 0.05) is 0 Å². The molecule has 1 aromatic carbocycles. The molecule has 0 radical (unpaired) electrons. The molecule has 1 rings (SSSR count). The summed E-state index contributed by atoms with van der Waals surface area (Å²) >= 11 is 5.64. The first-order valence-electron chi connectivity index (χ1n) is 4.41. The van der Waals surface area contributed by atoms with Crippen molar-refractivity contribution < 1.29 is 19.1 Å². The number of rotatable bonds is 3. The predicted octanol–water partition coefficient (Wildman–Crippen LogP) is 1.68. The van der Waals surface area contributed by atoms with Crippen LogP contribution < -0.4 is 5.32 Å². The van der Waals surface area contributed by atoms with Gasteiger partial charge >= 0.3 is 5.97 Å². The third kappa shape index (κ3) is 2.70. The van der Waals surface area contributed by atoms with Crippen molar-refractivity contribution in [2.75, 3.05) is 0 Å². The Morgan fingerprint density at radius 2 is 2.12 bits per heavy atom. The summed E-state index contributed by atoms with van der Waals surface area (Å²) in [5, 5.41) is 10.6. The van der Waals surface area contributed by atoms with E-state index in [0.717, 1.165) is 6.07 Å². The molecule has 0 aliphatic carbocycles. The zero-order valence-corrected chi connectivity index (χ0v) is 9.08. The molecular weight excluding hydrogens is 237 g/mol. The van der Waals surface area contributed by atoms with Crippen LogP contribution in [0.5, 0.6) is 0 Å². The van der Waals surface area contributed by atoms with Crippen molar-refractivity contribution in [3.63, 3.8) is 0 Å². The fourth-order valence-corrected chi connectivity index (χ4v) is 1.29. The normalized spacial score (nSPS) is 11.9. The van der Waals surface area contributed by atoms with Crippen LogP contribution in [-0.4, -0.2) is 23.0 Å². The topological polar surface area (TPSA) is 66.4 Å². The first-order valence-corrected chi connectivity index (χ1v) is 4.79. The first-order chi connectivity index (χ1) is 7.43. The monoisotopic (exact) mass is 245 g/mol. The van der Waals surface area contributed by atoms with Gasteiger partial charge in [-0.05, 0) is 19.1 Å². The lowest BCUT2D eigenvalue weighted by atomic mass is 10.2. The maximum Gasteiger partial charge on any atom is 0.325 e. The quantitative estimate of drug-likeness (QED) is 0.852. The molecule has 1 amide bonds. The maximum atomic E-state index is 13.3. The van der Waals surface area contributed by atoms with E-state index < -0.39 is 23.7 Å². The average Bonchev–Trinajstić information content (AvgIpc) is 2.16. The molecule has 6 heteroatoms.